The first-order valence-electron chi connectivity index (χ1n) is 6.03. The highest BCUT2D eigenvalue weighted by Crippen LogP contribution is 2.38. The van der Waals surface area contributed by atoms with Gasteiger partial charge in [-0.2, -0.15) is 0 Å². The number of nitro groups is 1. The molecule has 0 aromatic heterocycles. The van der Waals surface area contributed by atoms with E-state index in [1.165, 1.54) is 18.9 Å². The summed E-state index contributed by atoms with van der Waals surface area (Å²) < 4.78 is 10.4. The van der Waals surface area contributed by atoms with Crippen molar-refractivity contribution in [2.24, 2.45) is 0 Å². The lowest BCUT2D eigenvalue weighted by Gasteiger charge is -2.14. The summed E-state index contributed by atoms with van der Waals surface area (Å²) in [6.45, 7) is 2.75. The number of fused-ring (bicyclic) bond motifs is 1. The van der Waals surface area contributed by atoms with Gasteiger partial charge in [0.1, 0.15) is 0 Å². The first kappa shape index (κ1) is 11.3. The van der Waals surface area contributed by atoms with E-state index in [2.05, 4.69) is 4.90 Å². The van der Waals surface area contributed by atoms with Gasteiger partial charge in [0.15, 0.2) is 11.5 Å². The zero-order chi connectivity index (χ0) is 12.5. The molecule has 1 aromatic carbocycles. The Morgan fingerprint density at radius 3 is 2.56 bits per heavy atom. The lowest BCUT2D eigenvalue weighted by atomic mass is 10.1. The first-order chi connectivity index (χ1) is 8.74. The van der Waals surface area contributed by atoms with Gasteiger partial charge in [-0.15, -0.1) is 0 Å². The molecule has 0 bridgehead atoms. The molecular weight excluding hydrogens is 236 g/mol. The van der Waals surface area contributed by atoms with Crippen molar-refractivity contribution in [1.29, 1.82) is 0 Å². The summed E-state index contributed by atoms with van der Waals surface area (Å²) in [6.07, 6.45) is 2.33. The van der Waals surface area contributed by atoms with Crippen molar-refractivity contribution in [2.75, 3.05) is 19.9 Å². The van der Waals surface area contributed by atoms with Crippen LogP contribution in [0.1, 0.15) is 18.4 Å². The van der Waals surface area contributed by atoms with Gasteiger partial charge in [-0.25, -0.2) is 0 Å². The van der Waals surface area contributed by atoms with Crippen molar-refractivity contribution in [1.82, 2.24) is 4.90 Å². The minimum Gasteiger partial charge on any atom is -0.454 e. The van der Waals surface area contributed by atoms with Crippen LogP contribution in [0.3, 0.4) is 0 Å². The van der Waals surface area contributed by atoms with E-state index in [1.54, 1.807) is 6.07 Å². The molecule has 0 atom stereocenters. The van der Waals surface area contributed by atoms with Crippen molar-refractivity contribution >= 4 is 5.69 Å². The largest absolute Gasteiger partial charge is 0.454 e. The Balaban J connectivity index is 1.92. The second kappa shape index (κ2) is 4.45. The summed E-state index contributed by atoms with van der Waals surface area (Å²) in [6, 6.07) is 3.20. The third-order valence-electron chi connectivity index (χ3n) is 3.36. The van der Waals surface area contributed by atoms with Crippen LogP contribution in [0, 0.1) is 10.1 Å². The maximum atomic E-state index is 11.1. The second-order valence-corrected chi connectivity index (χ2v) is 4.57. The molecule has 3 rings (SSSR count). The third-order valence-corrected chi connectivity index (χ3v) is 3.36. The summed E-state index contributed by atoms with van der Waals surface area (Å²) in [5.74, 6) is 1.07. The summed E-state index contributed by atoms with van der Waals surface area (Å²) in [7, 11) is 0. The quantitative estimate of drug-likeness (QED) is 0.605. The highest BCUT2D eigenvalue weighted by Gasteiger charge is 2.25. The van der Waals surface area contributed by atoms with Crippen LogP contribution in [0.25, 0.3) is 0 Å². The van der Waals surface area contributed by atoms with Crippen LogP contribution in [0.4, 0.5) is 5.69 Å². The van der Waals surface area contributed by atoms with Gasteiger partial charge in [0, 0.05) is 12.1 Å². The monoisotopic (exact) mass is 250 g/mol. The zero-order valence-electron chi connectivity index (χ0n) is 9.92. The molecule has 18 heavy (non-hydrogen) atoms. The van der Waals surface area contributed by atoms with E-state index in [0.717, 1.165) is 13.1 Å². The van der Waals surface area contributed by atoms with Gasteiger partial charge in [0.25, 0.3) is 5.69 Å². The number of nitrogens with zero attached hydrogens (tertiary/aromatic N) is 2. The Morgan fingerprint density at radius 2 is 1.89 bits per heavy atom. The molecule has 0 aliphatic carbocycles. The highest BCUT2D eigenvalue weighted by molar-refractivity contribution is 5.55. The van der Waals surface area contributed by atoms with Crippen LogP contribution >= 0.6 is 0 Å². The predicted molar refractivity (Wildman–Crippen MR) is 63.7 cm³/mol. The molecule has 2 aliphatic rings. The maximum absolute atomic E-state index is 11.1. The van der Waals surface area contributed by atoms with Gasteiger partial charge in [-0.3, -0.25) is 15.0 Å². The average molecular weight is 250 g/mol. The number of hydrogen-bond donors (Lipinski definition) is 0. The zero-order valence-corrected chi connectivity index (χ0v) is 9.92. The molecule has 1 aromatic rings. The Bertz CT molecular complexity index is 483. The van der Waals surface area contributed by atoms with E-state index in [0.29, 0.717) is 23.6 Å². The van der Waals surface area contributed by atoms with Crippen molar-refractivity contribution < 1.29 is 14.4 Å². The Morgan fingerprint density at radius 1 is 1.22 bits per heavy atom. The molecule has 0 spiro atoms. The second-order valence-electron chi connectivity index (χ2n) is 4.57. The van der Waals surface area contributed by atoms with Gasteiger partial charge in [-0.05, 0) is 32.0 Å². The molecule has 1 fully saturated rings. The van der Waals surface area contributed by atoms with Crippen LogP contribution in [0.2, 0.25) is 0 Å². The van der Waals surface area contributed by atoms with E-state index in [9.17, 15) is 10.1 Å². The average Bonchev–Trinajstić information content (AvgIpc) is 2.97. The summed E-state index contributed by atoms with van der Waals surface area (Å²) in [5.41, 5.74) is 0.817. The molecule has 96 valence electrons. The topological polar surface area (TPSA) is 64.8 Å². The van der Waals surface area contributed by atoms with Crippen molar-refractivity contribution in [2.45, 2.75) is 19.4 Å². The van der Waals surface area contributed by atoms with E-state index in [1.807, 2.05) is 0 Å². The fraction of sp³-hybridized carbons (Fsp3) is 0.500. The van der Waals surface area contributed by atoms with Gasteiger partial charge < -0.3 is 9.47 Å². The first-order valence-corrected chi connectivity index (χ1v) is 6.03. The SMILES string of the molecule is O=[N+]([O-])c1cc2c(cc1CN1CCCC1)OCO2. The van der Waals surface area contributed by atoms with Crippen LogP contribution in [0.5, 0.6) is 11.5 Å². The van der Waals surface area contributed by atoms with Crippen LogP contribution in [-0.2, 0) is 6.54 Å². The normalized spacial score (nSPS) is 18.2. The smallest absolute Gasteiger partial charge is 0.277 e. The Hall–Kier alpha value is -1.82. The highest BCUT2D eigenvalue weighted by atomic mass is 16.7. The summed E-state index contributed by atoms with van der Waals surface area (Å²) in [4.78, 5) is 13.0. The standard InChI is InChI=1S/C12H14N2O4/c15-14(16)10-6-12-11(17-8-18-12)5-9(10)7-13-3-1-2-4-13/h5-6H,1-4,7-8H2. The Kier molecular flexibility index (Phi) is 2.79. The van der Waals surface area contributed by atoms with Gasteiger partial charge in [0.05, 0.1) is 11.0 Å². The van der Waals surface area contributed by atoms with Crippen molar-refractivity contribution in [3.63, 3.8) is 0 Å². The Labute approximate surface area is 104 Å². The summed E-state index contributed by atoms with van der Waals surface area (Å²) in [5, 5.41) is 11.1. The van der Waals surface area contributed by atoms with Crippen LogP contribution in [0.15, 0.2) is 12.1 Å². The molecule has 0 N–H and O–H groups in total. The number of nitro benzene ring substituents is 1. The van der Waals surface area contributed by atoms with Gasteiger partial charge in [-0.1, -0.05) is 0 Å². The van der Waals surface area contributed by atoms with Crippen LogP contribution in [-0.4, -0.2) is 29.7 Å². The van der Waals surface area contributed by atoms with Crippen LogP contribution < -0.4 is 9.47 Å². The molecule has 0 saturated carbocycles. The third kappa shape index (κ3) is 1.99. The fourth-order valence-electron chi connectivity index (χ4n) is 2.45. The number of benzene rings is 1. The lowest BCUT2D eigenvalue weighted by Crippen LogP contribution is -2.19. The molecule has 6 heteroatoms. The molecular formula is C12H14N2O4. The minimum absolute atomic E-state index is 0.117. The van der Waals surface area contributed by atoms with E-state index in [4.69, 9.17) is 9.47 Å². The number of ether oxygens (including phenoxy) is 2. The molecule has 2 heterocycles. The van der Waals surface area contributed by atoms with E-state index >= 15 is 0 Å². The molecule has 1 saturated heterocycles. The number of hydrogen-bond acceptors (Lipinski definition) is 5. The molecule has 6 nitrogen and oxygen atoms in total. The molecule has 2 aliphatic heterocycles. The molecule has 0 unspecified atom stereocenters. The predicted octanol–water partition coefficient (Wildman–Crippen LogP) is 1.92. The van der Waals surface area contributed by atoms with E-state index < -0.39 is 0 Å². The number of rotatable bonds is 3. The van der Waals surface area contributed by atoms with Gasteiger partial charge in [0.2, 0.25) is 6.79 Å². The fourth-order valence-corrected chi connectivity index (χ4v) is 2.45. The maximum Gasteiger partial charge on any atom is 0.277 e. The van der Waals surface area contributed by atoms with E-state index in [-0.39, 0.29) is 17.4 Å². The number of likely N-dealkylation sites (tertiary alicyclic amines) is 1. The van der Waals surface area contributed by atoms with Crippen molar-refractivity contribution in [3.05, 3.63) is 27.8 Å². The summed E-state index contributed by atoms with van der Waals surface area (Å²) >= 11 is 0. The minimum atomic E-state index is -0.354. The van der Waals surface area contributed by atoms with Crippen molar-refractivity contribution in [3.8, 4) is 11.5 Å². The van der Waals surface area contributed by atoms with Gasteiger partial charge >= 0.3 is 0 Å². The molecule has 0 radical (unpaired) electrons. The lowest BCUT2D eigenvalue weighted by molar-refractivity contribution is -0.385. The molecule has 0 amide bonds.